The van der Waals surface area contributed by atoms with E-state index in [0.29, 0.717) is 18.1 Å². The van der Waals surface area contributed by atoms with E-state index in [1.807, 2.05) is 92.7 Å². The minimum Gasteiger partial charge on any atom is -0.497 e. The summed E-state index contributed by atoms with van der Waals surface area (Å²) in [6.07, 6.45) is -1.90. The average molecular weight is 943 g/mol. The summed E-state index contributed by atoms with van der Waals surface area (Å²) in [4.78, 5) is 46.9. The second-order valence-electron chi connectivity index (χ2n) is 19.2. The molecule has 0 aliphatic carbocycles. The summed E-state index contributed by atoms with van der Waals surface area (Å²) in [5.41, 5.74) is 0.0460. The molecule has 5 aromatic rings. The minimum atomic E-state index is -1.35. The van der Waals surface area contributed by atoms with Gasteiger partial charge in [0.15, 0.2) is 17.4 Å². The van der Waals surface area contributed by atoms with Gasteiger partial charge in [-0.25, -0.2) is 14.8 Å². The number of aromatic nitrogens is 4. The van der Waals surface area contributed by atoms with Crippen LogP contribution in [-0.2, 0) is 40.6 Å². The van der Waals surface area contributed by atoms with Crippen LogP contribution in [0.1, 0.15) is 57.5 Å². The van der Waals surface area contributed by atoms with Crippen LogP contribution < -0.4 is 25.7 Å². The summed E-state index contributed by atoms with van der Waals surface area (Å²) >= 11 is 0. The van der Waals surface area contributed by atoms with E-state index in [0.717, 1.165) is 22.7 Å². The fraction of sp³-hybridized carbons (Fsp3) is 0.490. The molecule has 3 aromatic carbocycles. The van der Waals surface area contributed by atoms with Crippen LogP contribution in [0.5, 0.6) is 11.5 Å². The van der Waals surface area contributed by atoms with Gasteiger partial charge in [0.1, 0.15) is 55.0 Å². The van der Waals surface area contributed by atoms with Gasteiger partial charge in [0.25, 0.3) is 5.56 Å². The van der Waals surface area contributed by atoms with Crippen LogP contribution >= 0.6 is 0 Å². The molecule has 1 saturated heterocycles. The van der Waals surface area contributed by atoms with Crippen molar-refractivity contribution >= 4 is 31.2 Å². The molecule has 0 radical (unpaired) electrons. The zero-order valence-electron chi connectivity index (χ0n) is 40.2. The molecular formula is C49H66N6O11Si. The molecule has 18 heteroatoms. The van der Waals surface area contributed by atoms with Gasteiger partial charge < -0.3 is 48.9 Å². The maximum atomic E-state index is 13.7. The van der Waals surface area contributed by atoms with E-state index in [1.54, 1.807) is 18.8 Å². The maximum absolute atomic E-state index is 13.7. The predicted molar refractivity (Wildman–Crippen MR) is 255 cm³/mol. The van der Waals surface area contributed by atoms with Crippen LogP contribution in [0.15, 0.2) is 96.3 Å². The number of nitrogens with zero attached hydrogens (tertiary/aromatic N) is 4. The molecule has 0 unspecified atom stereocenters. The Morgan fingerprint density at radius 3 is 2.01 bits per heavy atom. The Kier molecular flexibility index (Phi) is 16.3. The van der Waals surface area contributed by atoms with Crippen molar-refractivity contribution in [2.75, 3.05) is 47.3 Å². The van der Waals surface area contributed by atoms with Gasteiger partial charge in [-0.1, -0.05) is 95.0 Å². The molecule has 0 spiro atoms. The molecule has 2 amide bonds. The SMILES string of the molecule is COc1ccc(C(OC[C@H]2O[C@@H](n3cnc4c(=O)n(CCOCNC(=O)CNC(=O)OCC[Si](C)(C)C)cnc43)[C@H](O)[C@@H]2OC(C)(C)C(C)(C)C)(c2ccccc2)c2ccc(OC)cc2)cc1. The predicted octanol–water partition coefficient (Wildman–Crippen LogP) is 6.24. The zero-order chi connectivity index (χ0) is 48.6. The average Bonchev–Trinajstić information content (AvgIpc) is 3.86. The summed E-state index contributed by atoms with van der Waals surface area (Å²) in [6.45, 7) is 16.7. The minimum absolute atomic E-state index is 0.0411. The van der Waals surface area contributed by atoms with Crippen molar-refractivity contribution in [1.82, 2.24) is 29.7 Å². The number of carbonyl (C=O) groups excluding carboxylic acids is 2. The summed E-state index contributed by atoms with van der Waals surface area (Å²) in [5, 5.41) is 17.2. The van der Waals surface area contributed by atoms with E-state index >= 15 is 0 Å². The normalized spacial score (nSPS) is 17.9. The molecule has 0 bridgehead atoms. The molecule has 4 atom stereocenters. The van der Waals surface area contributed by atoms with Gasteiger partial charge in [-0.05, 0) is 66.3 Å². The summed E-state index contributed by atoms with van der Waals surface area (Å²) < 4.78 is 45.5. The topological polar surface area (TPSA) is 196 Å². The highest BCUT2D eigenvalue weighted by Crippen LogP contribution is 2.45. The lowest BCUT2D eigenvalue weighted by atomic mass is 9.78. The monoisotopic (exact) mass is 942 g/mol. The first-order valence-corrected chi connectivity index (χ1v) is 26.2. The van der Waals surface area contributed by atoms with Crippen LogP contribution in [0.4, 0.5) is 4.79 Å². The largest absolute Gasteiger partial charge is 0.497 e. The Morgan fingerprint density at radius 2 is 1.43 bits per heavy atom. The Morgan fingerprint density at radius 1 is 0.821 bits per heavy atom. The van der Waals surface area contributed by atoms with Crippen LogP contribution in [0.3, 0.4) is 0 Å². The van der Waals surface area contributed by atoms with Crippen LogP contribution in [0.25, 0.3) is 11.2 Å². The molecule has 2 aromatic heterocycles. The summed E-state index contributed by atoms with van der Waals surface area (Å²) in [6, 6.07) is 26.1. The van der Waals surface area contributed by atoms with Gasteiger partial charge in [0.05, 0.1) is 52.5 Å². The Balaban J connectivity index is 1.21. The number of methoxy groups -OCH3 is 2. The van der Waals surface area contributed by atoms with Crippen molar-refractivity contribution < 1.29 is 47.9 Å². The number of carbonyl (C=O) groups is 2. The number of hydrogen-bond acceptors (Lipinski definition) is 13. The Hall–Kier alpha value is -5.63. The van der Waals surface area contributed by atoms with Crippen molar-refractivity contribution in [3.8, 4) is 11.5 Å². The first-order chi connectivity index (χ1) is 31.8. The van der Waals surface area contributed by atoms with E-state index in [4.69, 9.17) is 33.2 Å². The van der Waals surface area contributed by atoms with Crippen molar-refractivity contribution in [2.45, 2.75) is 103 Å². The van der Waals surface area contributed by atoms with Gasteiger partial charge in [-0.15, -0.1) is 0 Å². The Bertz CT molecular complexity index is 2420. The van der Waals surface area contributed by atoms with Crippen LogP contribution in [0, 0.1) is 5.41 Å². The highest BCUT2D eigenvalue weighted by molar-refractivity contribution is 6.76. The maximum Gasteiger partial charge on any atom is 0.407 e. The van der Waals surface area contributed by atoms with Crippen LogP contribution in [-0.4, -0.2) is 116 Å². The fourth-order valence-electron chi connectivity index (χ4n) is 7.40. The molecule has 3 N–H and O–H groups in total. The zero-order valence-corrected chi connectivity index (χ0v) is 41.2. The molecule has 67 heavy (non-hydrogen) atoms. The lowest BCUT2D eigenvalue weighted by molar-refractivity contribution is -0.175. The molecule has 1 fully saturated rings. The third-order valence-electron chi connectivity index (χ3n) is 12.3. The lowest BCUT2D eigenvalue weighted by Gasteiger charge is -2.42. The number of amides is 2. The standard InChI is InChI=1S/C49H66N6O11Si/c1-47(2,3)48(4,5)66-42-38(29-64-49(33-14-12-11-13-15-33,34-16-20-36(60-6)21-17-34)35-18-22-37(61-7)23-19-35)65-45(41(42)57)55-31-51-40-43(55)52-30-54(44(40)58)24-25-62-32-53-39(56)28-50-46(59)63-26-27-67(8,9)10/h11-23,30-31,38,41-42,45,57H,24-29,32H2,1-10H3,(H,50,59)(H,53,56)/t38-,41-,42-,45-/m1/s1. The molecule has 0 saturated carbocycles. The number of nitrogens with one attached hydrogen (secondary N) is 2. The smallest absolute Gasteiger partial charge is 0.407 e. The number of aliphatic hydroxyl groups excluding tert-OH is 1. The fourth-order valence-corrected chi connectivity index (χ4v) is 8.12. The Labute approximate surface area is 393 Å². The molecular weight excluding hydrogens is 877 g/mol. The van der Waals surface area contributed by atoms with Gasteiger partial charge >= 0.3 is 6.09 Å². The highest BCUT2D eigenvalue weighted by atomic mass is 28.3. The number of fused-ring (bicyclic) bond motifs is 1. The van der Waals surface area contributed by atoms with Gasteiger partial charge in [-0.3, -0.25) is 18.7 Å². The van der Waals surface area contributed by atoms with Crippen molar-refractivity contribution in [3.63, 3.8) is 0 Å². The number of rotatable bonds is 21. The van der Waals surface area contributed by atoms with E-state index < -0.39 is 61.4 Å². The van der Waals surface area contributed by atoms with E-state index in [-0.39, 0.29) is 49.6 Å². The third-order valence-corrected chi connectivity index (χ3v) is 14.0. The van der Waals surface area contributed by atoms with Gasteiger partial charge in [0.2, 0.25) is 5.91 Å². The molecule has 3 heterocycles. The molecule has 1 aliphatic rings. The second kappa shape index (κ2) is 21.5. The van der Waals surface area contributed by atoms with E-state index in [2.05, 4.69) is 61.0 Å². The van der Waals surface area contributed by atoms with E-state index in [9.17, 15) is 19.5 Å². The lowest BCUT2D eigenvalue weighted by Crippen LogP contribution is -2.49. The van der Waals surface area contributed by atoms with Crippen LogP contribution in [0.2, 0.25) is 25.7 Å². The number of aliphatic hydroxyl groups is 1. The summed E-state index contributed by atoms with van der Waals surface area (Å²) in [5.74, 6) is 0.908. The van der Waals surface area contributed by atoms with Gasteiger partial charge in [-0.2, -0.15) is 0 Å². The summed E-state index contributed by atoms with van der Waals surface area (Å²) in [7, 11) is 1.88. The van der Waals surface area contributed by atoms with Crippen molar-refractivity contribution in [3.05, 3.63) is 119 Å². The van der Waals surface area contributed by atoms with Gasteiger partial charge in [0, 0.05) is 8.07 Å². The number of hydrogen-bond donors (Lipinski definition) is 3. The molecule has 6 rings (SSSR count). The second-order valence-corrected chi connectivity index (χ2v) is 24.9. The molecule has 17 nitrogen and oxygen atoms in total. The molecule has 1 aliphatic heterocycles. The molecule has 362 valence electrons. The first kappa shape index (κ1) is 50.8. The van der Waals surface area contributed by atoms with Crippen molar-refractivity contribution in [1.29, 1.82) is 0 Å². The number of imidazole rings is 1. The first-order valence-electron chi connectivity index (χ1n) is 22.4. The highest BCUT2D eigenvalue weighted by Gasteiger charge is 2.51. The third kappa shape index (κ3) is 12.1. The number of benzene rings is 3. The quantitative estimate of drug-likeness (QED) is 0.0324. The van der Waals surface area contributed by atoms with Crippen molar-refractivity contribution in [2.24, 2.45) is 5.41 Å². The van der Waals surface area contributed by atoms with E-state index in [1.165, 1.54) is 17.2 Å². The number of alkyl carbamates (subject to hydrolysis) is 1. The number of ether oxygens (including phenoxy) is 7.